The Morgan fingerprint density at radius 3 is 1.93 bits per heavy atom. The fourth-order valence-corrected chi connectivity index (χ4v) is 14.6. The van der Waals surface area contributed by atoms with Gasteiger partial charge in [-0.15, -0.1) is 22.7 Å². The summed E-state index contributed by atoms with van der Waals surface area (Å²) in [7, 11) is -1.96. The molecule has 29 heavy (non-hydrogen) atoms. The van der Waals surface area contributed by atoms with E-state index in [1.54, 1.807) is 25.3 Å². The molecule has 3 heteroatoms. The molecule has 1 aromatic carbocycles. The fraction of sp³-hybridized carbons (Fsp3) is 0.462. The molecule has 1 aliphatic rings. The molecule has 0 saturated carbocycles. The van der Waals surface area contributed by atoms with Crippen molar-refractivity contribution in [3.05, 3.63) is 51.7 Å². The number of hydrogen-bond acceptors (Lipinski definition) is 2. The van der Waals surface area contributed by atoms with E-state index in [4.69, 9.17) is 0 Å². The van der Waals surface area contributed by atoms with E-state index in [2.05, 4.69) is 71.0 Å². The van der Waals surface area contributed by atoms with Crippen LogP contribution in [0.3, 0.4) is 0 Å². The van der Waals surface area contributed by atoms with Crippen molar-refractivity contribution in [1.29, 1.82) is 0 Å². The summed E-state index contributed by atoms with van der Waals surface area (Å²) in [6, 6.07) is 16.3. The van der Waals surface area contributed by atoms with Gasteiger partial charge in [-0.2, -0.15) is 0 Å². The number of fused-ring (bicyclic) bond motifs is 3. The van der Waals surface area contributed by atoms with Crippen LogP contribution in [0.5, 0.6) is 0 Å². The van der Waals surface area contributed by atoms with E-state index >= 15 is 0 Å². The van der Waals surface area contributed by atoms with Gasteiger partial charge in [-0.3, -0.25) is 0 Å². The van der Waals surface area contributed by atoms with Crippen molar-refractivity contribution in [1.82, 2.24) is 0 Å². The van der Waals surface area contributed by atoms with Crippen molar-refractivity contribution in [2.24, 2.45) is 5.92 Å². The first-order valence-electron chi connectivity index (χ1n) is 11.3. The summed E-state index contributed by atoms with van der Waals surface area (Å²) in [4.78, 5) is 6.17. The van der Waals surface area contributed by atoms with E-state index in [0.717, 1.165) is 12.3 Å². The molecule has 1 aliphatic heterocycles. The summed E-state index contributed by atoms with van der Waals surface area (Å²) >= 11 is 4.07. The van der Waals surface area contributed by atoms with E-state index in [1.165, 1.54) is 47.0 Å². The Kier molecular flexibility index (Phi) is 6.20. The number of unbranched alkanes of at least 4 members (excludes halogenated alkanes) is 1. The third-order valence-corrected chi connectivity index (χ3v) is 14.6. The first-order valence-corrected chi connectivity index (χ1v) is 15.2. The number of aryl methyl sites for hydroxylation is 3. The van der Waals surface area contributed by atoms with Crippen LogP contribution in [0.4, 0.5) is 0 Å². The highest BCUT2D eigenvalue weighted by Gasteiger charge is 2.50. The molecular weight excluding hydrogens is 405 g/mol. The Morgan fingerprint density at radius 1 is 0.862 bits per heavy atom. The molecule has 4 rings (SSSR count). The maximum atomic E-state index is 2.56. The molecule has 0 spiro atoms. The van der Waals surface area contributed by atoms with E-state index in [1.807, 2.05) is 22.7 Å². The smallest absolute Gasteiger partial charge is 0.140 e. The molecule has 154 valence electrons. The predicted octanol–water partition coefficient (Wildman–Crippen LogP) is 6.66. The number of hydrogen-bond donors (Lipinski definition) is 0. The van der Waals surface area contributed by atoms with Crippen LogP contribution in [0.2, 0.25) is 6.04 Å². The lowest BCUT2D eigenvalue weighted by Gasteiger charge is -2.33. The van der Waals surface area contributed by atoms with Crippen LogP contribution in [-0.4, -0.2) is 8.07 Å². The highest BCUT2D eigenvalue weighted by Crippen LogP contribution is 2.41. The zero-order valence-corrected chi connectivity index (χ0v) is 21.2. The molecule has 0 amide bonds. The largest absolute Gasteiger partial charge is 0.152 e. The highest BCUT2D eigenvalue weighted by atomic mass is 32.1. The Hall–Kier alpha value is -1.16. The summed E-state index contributed by atoms with van der Waals surface area (Å²) in [6.45, 7) is 11.6. The Bertz CT molecular complexity index is 931. The number of benzene rings is 1. The topological polar surface area (TPSA) is 0 Å². The maximum absolute atomic E-state index is 2.56. The third-order valence-electron chi connectivity index (χ3n) is 6.83. The fourth-order valence-electron chi connectivity index (χ4n) is 5.19. The van der Waals surface area contributed by atoms with E-state index < -0.39 is 8.07 Å². The second-order valence-electron chi connectivity index (χ2n) is 8.78. The minimum absolute atomic E-state index is 0.826. The van der Waals surface area contributed by atoms with Crippen LogP contribution in [-0.2, 0) is 6.42 Å². The van der Waals surface area contributed by atoms with Crippen molar-refractivity contribution >= 4 is 46.3 Å². The lowest BCUT2D eigenvalue weighted by molar-refractivity contribution is 0.488. The first-order chi connectivity index (χ1) is 14.0. The second-order valence-corrected chi connectivity index (χ2v) is 15.2. The monoisotopic (exact) mass is 438 g/mol. The zero-order chi connectivity index (χ0) is 20.6. The zero-order valence-electron chi connectivity index (χ0n) is 18.6. The van der Waals surface area contributed by atoms with Crippen molar-refractivity contribution < 1.29 is 0 Å². The van der Waals surface area contributed by atoms with Gasteiger partial charge < -0.3 is 0 Å². The van der Waals surface area contributed by atoms with Crippen LogP contribution in [0.1, 0.15) is 61.8 Å². The van der Waals surface area contributed by atoms with Crippen LogP contribution in [0.25, 0.3) is 9.75 Å². The molecule has 0 saturated heterocycles. The summed E-state index contributed by atoms with van der Waals surface area (Å²) in [5.74, 6) is 0.826. The van der Waals surface area contributed by atoms with Crippen molar-refractivity contribution in [2.45, 2.75) is 72.8 Å². The Labute approximate surface area is 186 Å². The summed E-state index contributed by atoms with van der Waals surface area (Å²) in [6.07, 6.45) is 6.48. The molecule has 0 aliphatic carbocycles. The first kappa shape index (κ1) is 21.1. The van der Waals surface area contributed by atoms with Gasteiger partial charge in [0.2, 0.25) is 0 Å². The molecule has 0 bridgehead atoms. The van der Waals surface area contributed by atoms with Gasteiger partial charge in [0.05, 0.1) is 0 Å². The lowest BCUT2D eigenvalue weighted by Crippen LogP contribution is -2.65. The number of thiophene rings is 2. The van der Waals surface area contributed by atoms with Gasteiger partial charge >= 0.3 is 0 Å². The molecule has 3 aromatic rings. The summed E-state index contributed by atoms with van der Waals surface area (Å²) < 4.78 is 0. The lowest BCUT2D eigenvalue weighted by atomic mass is 10.0. The average Bonchev–Trinajstić information content (AvgIpc) is 3.36. The van der Waals surface area contributed by atoms with Crippen LogP contribution < -0.4 is 15.6 Å². The molecule has 2 aromatic heterocycles. The SMILES string of the molecule is CCCCC(CC)C[Si]1(c2ccc(CC)cc2)c2cc(C)sc2-c2sc(C)cc21. The second kappa shape index (κ2) is 8.53. The van der Waals surface area contributed by atoms with Gasteiger partial charge in [0.15, 0.2) is 8.07 Å². The molecule has 0 nitrogen and oxygen atoms in total. The van der Waals surface area contributed by atoms with Crippen molar-refractivity contribution in [3.8, 4) is 9.75 Å². The van der Waals surface area contributed by atoms with Gasteiger partial charge in [-0.05, 0) is 65.5 Å². The molecule has 1 atom stereocenters. The van der Waals surface area contributed by atoms with E-state index in [-0.39, 0.29) is 0 Å². The molecule has 3 heterocycles. The molecule has 0 fully saturated rings. The Balaban J connectivity index is 1.92. The van der Waals surface area contributed by atoms with Gasteiger partial charge in [0.1, 0.15) is 0 Å². The number of rotatable bonds is 8. The van der Waals surface area contributed by atoms with Gasteiger partial charge in [-0.25, -0.2) is 0 Å². The van der Waals surface area contributed by atoms with Gasteiger partial charge in [0, 0.05) is 19.5 Å². The van der Waals surface area contributed by atoms with Gasteiger partial charge in [0.25, 0.3) is 0 Å². The highest BCUT2D eigenvalue weighted by molar-refractivity contribution is 7.31. The van der Waals surface area contributed by atoms with Crippen molar-refractivity contribution in [3.63, 3.8) is 0 Å². The minimum Gasteiger partial charge on any atom is -0.140 e. The quantitative estimate of drug-likeness (QED) is 0.345. The van der Waals surface area contributed by atoms with E-state index in [0.29, 0.717) is 0 Å². The average molecular weight is 439 g/mol. The third kappa shape index (κ3) is 3.60. The van der Waals surface area contributed by atoms with Crippen LogP contribution in [0.15, 0.2) is 36.4 Å². The molecular formula is C26H34S2Si. The van der Waals surface area contributed by atoms with Crippen molar-refractivity contribution in [2.75, 3.05) is 0 Å². The maximum Gasteiger partial charge on any atom is 0.152 e. The molecule has 0 radical (unpaired) electrons. The predicted molar refractivity (Wildman–Crippen MR) is 136 cm³/mol. The summed E-state index contributed by atoms with van der Waals surface area (Å²) in [5, 5.41) is 5.08. The molecule has 0 N–H and O–H groups in total. The Morgan fingerprint density at radius 2 is 1.45 bits per heavy atom. The minimum atomic E-state index is -1.96. The summed E-state index contributed by atoms with van der Waals surface area (Å²) in [5.41, 5.74) is 1.46. The molecule has 1 unspecified atom stereocenters. The van der Waals surface area contributed by atoms with Crippen LogP contribution >= 0.6 is 22.7 Å². The standard InChI is InChI=1S/C26H34S2Si/c1-6-9-10-21(8-3)17-29(22-13-11-20(7-2)12-14-22)23-15-18(4)27-25(23)26-24(29)16-19(5)28-26/h11-16,21H,6-10,17H2,1-5H3. The normalized spacial score (nSPS) is 15.3. The van der Waals surface area contributed by atoms with Crippen LogP contribution in [0, 0.1) is 19.8 Å². The van der Waals surface area contributed by atoms with E-state index in [9.17, 15) is 0 Å². The van der Waals surface area contributed by atoms with Gasteiger partial charge in [-0.1, -0.05) is 70.7 Å².